The Morgan fingerprint density at radius 2 is 2.10 bits per heavy atom. The van der Waals surface area contributed by atoms with Gasteiger partial charge < -0.3 is 14.8 Å². The second-order valence-electron chi connectivity index (χ2n) is 12.1. The van der Waals surface area contributed by atoms with Crippen molar-refractivity contribution in [2.75, 3.05) is 16.9 Å². The number of anilines is 1. The summed E-state index contributed by atoms with van der Waals surface area (Å²) in [6, 6.07) is 4.19. The molecule has 3 aliphatic heterocycles. The fourth-order valence-corrected chi connectivity index (χ4v) is 10.3. The number of hydrogen-bond donors (Lipinski definition) is 1. The van der Waals surface area contributed by atoms with E-state index in [2.05, 4.69) is 48.4 Å². The molecule has 1 saturated carbocycles. The molecule has 40 heavy (non-hydrogen) atoms. The van der Waals surface area contributed by atoms with Crippen molar-refractivity contribution in [3.63, 3.8) is 0 Å². The van der Waals surface area contributed by atoms with Crippen molar-refractivity contribution < 1.29 is 19.1 Å². The predicted octanol–water partition coefficient (Wildman–Crippen LogP) is 7.13. The van der Waals surface area contributed by atoms with Crippen molar-refractivity contribution in [1.82, 2.24) is 4.98 Å². The van der Waals surface area contributed by atoms with Crippen LogP contribution in [0.5, 0.6) is 0 Å². The minimum absolute atomic E-state index is 0.0692. The molecular formula is C32H36N2O4S2. The second kappa shape index (κ2) is 10.4. The Hall–Kier alpha value is -2.45. The summed E-state index contributed by atoms with van der Waals surface area (Å²) < 4.78 is 12.2. The molecule has 1 saturated heterocycles. The summed E-state index contributed by atoms with van der Waals surface area (Å²) in [7, 11) is 3.66. The minimum atomic E-state index is -0.584. The van der Waals surface area contributed by atoms with Gasteiger partial charge in [-0.15, -0.1) is 0 Å². The van der Waals surface area contributed by atoms with Gasteiger partial charge in [-0.25, -0.2) is 14.6 Å². The summed E-state index contributed by atoms with van der Waals surface area (Å²) in [6.45, 7) is 4.39. The Kier molecular flexibility index (Phi) is 6.90. The molecule has 8 heteroatoms. The first-order valence-electron chi connectivity index (χ1n) is 14.8. The van der Waals surface area contributed by atoms with E-state index >= 15 is 0 Å². The molecule has 0 aromatic carbocycles. The number of carbonyl (C=O) groups is 2. The fraction of sp³-hybridized carbons (Fsp3) is 0.531. The zero-order valence-electron chi connectivity index (χ0n) is 23.2. The Balaban J connectivity index is 1.41. The highest BCUT2D eigenvalue weighted by atomic mass is 33.1. The largest absolute Gasteiger partial charge is 0.427 e. The van der Waals surface area contributed by atoms with E-state index in [1.165, 1.54) is 5.57 Å². The number of unbranched alkanes of at least 4 members (excludes halogenated alkanes) is 1. The van der Waals surface area contributed by atoms with E-state index in [-0.39, 0.29) is 23.8 Å². The lowest BCUT2D eigenvalue weighted by atomic mass is 9.44. The van der Waals surface area contributed by atoms with E-state index in [9.17, 15) is 9.59 Å². The molecule has 1 aromatic heterocycles. The summed E-state index contributed by atoms with van der Waals surface area (Å²) in [5, 5.41) is 3.45. The smallest absolute Gasteiger partial charge is 0.340 e. The molecular weight excluding hydrogens is 540 g/mol. The average Bonchev–Trinajstić information content (AvgIpc) is 3.44. The van der Waals surface area contributed by atoms with Crippen molar-refractivity contribution in [3.8, 4) is 0 Å². The van der Waals surface area contributed by atoms with E-state index in [0.717, 1.165) is 96.2 Å². The summed E-state index contributed by atoms with van der Waals surface area (Å²) in [4.78, 5) is 32.0. The number of ether oxygens (including phenoxy) is 2. The lowest BCUT2D eigenvalue weighted by molar-refractivity contribution is -0.135. The van der Waals surface area contributed by atoms with Gasteiger partial charge in [0, 0.05) is 29.0 Å². The molecule has 1 spiro atoms. The molecule has 8 rings (SSSR count). The quantitative estimate of drug-likeness (QED) is 0.294. The average molecular weight is 577 g/mol. The summed E-state index contributed by atoms with van der Waals surface area (Å²) >= 11 is 0. The van der Waals surface area contributed by atoms with Crippen molar-refractivity contribution in [2.45, 2.75) is 65.2 Å². The number of nitrogens with one attached hydrogen (secondary N) is 1. The summed E-state index contributed by atoms with van der Waals surface area (Å²) in [5.41, 5.74) is 4.53. The number of allylic oxidation sites excluding steroid dienone is 5. The zero-order chi connectivity index (χ0) is 27.4. The van der Waals surface area contributed by atoms with E-state index in [1.807, 2.05) is 17.0 Å². The zero-order valence-corrected chi connectivity index (χ0v) is 24.8. The standard InChI is InChI=1S/C32H36N2O4S2/c1-3-4-5-24-22-8-7-21-20-10-12-32(28(21)27(22)30(35)37-24)25-9-6-18(2)16-39-40-17-34-26-15-19(11-13-33-26)14-23(20)29(32)31(36)38-25/h5,9,11,13,15,18,20-21,28H,3-4,6-8,10,12,14,16-17H2,1-2H3,(H,33,34)/t18-,20-,21+,28+,32-/m1/s1. The third kappa shape index (κ3) is 4.12. The van der Waals surface area contributed by atoms with Gasteiger partial charge in [-0.2, -0.15) is 0 Å². The van der Waals surface area contributed by atoms with Crippen LogP contribution in [0.1, 0.15) is 64.4 Å². The van der Waals surface area contributed by atoms with E-state index in [4.69, 9.17) is 9.47 Å². The number of hydrogen-bond acceptors (Lipinski definition) is 8. The number of pyridine rings is 1. The number of esters is 2. The molecule has 0 amide bonds. The van der Waals surface area contributed by atoms with Crippen LogP contribution in [0.3, 0.4) is 0 Å². The van der Waals surface area contributed by atoms with Crippen LogP contribution in [0.4, 0.5) is 5.82 Å². The van der Waals surface area contributed by atoms with Gasteiger partial charge >= 0.3 is 11.9 Å². The van der Waals surface area contributed by atoms with Crippen molar-refractivity contribution in [3.05, 3.63) is 69.9 Å². The third-order valence-electron chi connectivity index (χ3n) is 9.76. The first-order chi connectivity index (χ1) is 19.5. The Labute approximate surface area is 243 Å². The predicted molar refractivity (Wildman–Crippen MR) is 159 cm³/mol. The van der Waals surface area contributed by atoms with Gasteiger partial charge in [0.15, 0.2) is 0 Å². The molecule has 5 atom stereocenters. The molecule has 1 N–H and O–H groups in total. The molecule has 2 fully saturated rings. The number of cyclic esters (lactones) is 1. The topological polar surface area (TPSA) is 77.5 Å². The Bertz CT molecular complexity index is 1390. The summed E-state index contributed by atoms with van der Waals surface area (Å²) in [5.74, 6) is 4.71. The van der Waals surface area contributed by atoms with Gasteiger partial charge in [-0.05, 0) is 92.5 Å². The molecule has 4 aliphatic carbocycles. The lowest BCUT2D eigenvalue weighted by Gasteiger charge is -2.56. The van der Waals surface area contributed by atoms with Crippen LogP contribution in [0.15, 0.2) is 64.3 Å². The van der Waals surface area contributed by atoms with E-state index < -0.39 is 5.41 Å². The van der Waals surface area contributed by atoms with Gasteiger partial charge in [0.1, 0.15) is 17.3 Å². The van der Waals surface area contributed by atoms with Crippen molar-refractivity contribution in [2.24, 2.45) is 29.1 Å². The normalized spacial score (nSPS) is 34.2. The van der Waals surface area contributed by atoms with Crippen LogP contribution in [0, 0.1) is 29.1 Å². The van der Waals surface area contributed by atoms with Crippen LogP contribution in [0.2, 0.25) is 0 Å². The third-order valence-corrected chi connectivity index (χ3v) is 12.2. The maximum Gasteiger partial charge on any atom is 0.340 e. The SMILES string of the molecule is CCCC=C1OC(=O)C2=C1CC[C@@H]1[C@@H]2[C@]23CC[C@H]1C1=C2C(=O)OC3=CC[C@@H](C)CSSCNc2cc(ccn2)C1. The molecule has 0 unspecified atom stereocenters. The van der Waals surface area contributed by atoms with E-state index in [0.29, 0.717) is 18.3 Å². The molecule has 210 valence electrons. The number of fused-ring (bicyclic) bond motifs is 3. The molecule has 4 heterocycles. The highest BCUT2D eigenvalue weighted by Gasteiger charge is 2.68. The first kappa shape index (κ1) is 26.4. The highest BCUT2D eigenvalue weighted by molar-refractivity contribution is 8.76. The van der Waals surface area contributed by atoms with Crippen LogP contribution in [-0.4, -0.2) is 28.6 Å². The molecule has 1 aromatic rings. The number of aromatic nitrogens is 1. The van der Waals surface area contributed by atoms with Gasteiger partial charge in [-0.1, -0.05) is 47.4 Å². The van der Waals surface area contributed by atoms with Crippen LogP contribution in [0.25, 0.3) is 0 Å². The van der Waals surface area contributed by atoms with Gasteiger partial charge in [0.25, 0.3) is 0 Å². The maximum absolute atomic E-state index is 13.9. The monoisotopic (exact) mass is 576 g/mol. The molecule has 6 nitrogen and oxygen atoms in total. The van der Waals surface area contributed by atoms with Crippen LogP contribution >= 0.6 is 21.6 Å². The van der Waals surface area contributed by atoms with Gasteiger partial charge in [0.05, 0.1) is 16.9 Å². The van der Waals surface area contributed by atoms with Crippen LogP contribution in [-0.2, 0) is 25.5 Å². The summed E-state index contributed by atoms with van der Waals surface area (Å²) in [6.07, 6.45) is 13.3. The highest BCUT2D eigenvalue weighted by Crippen LogP contribution is 2.70. The first-order valence-corrected chi connectivity index (χ1v) is 17.2. The molecule has 7 aliphatic rings. The van der Waals surface area contributed by atoms with Crippen molar-refractivity contribution >= 4 is 39.3 Å². The van der Waals surface area contributed by atoms with Gasteiger partial charge in [-0.3, -0.25) is 0 Å². The van der Waals surface area contributed by atoms with E-state index in [1.54, 1.807) is 10.8 Å². The Morgan fingerprint density at radius 1 is 1.20 bits per heavy atom. The number of carbonyl (C=O) groups excluding carboxylic acids is 2. The molecule has 0 radical (unpaired) electrons. The fourth-order valence-electron chi connectivity index (χ4n) is 8.14. The minimum Gasteiger partial charge on any atom is -0.427 e. The maximum atomic E-state index is 13.9. The number of rotatable bonds is 2. The van der Waals surface area contributed by atoms with Crippen molar-refractivity contribution in [1.29, 1.82) is 0 Å². The van der Waals surface area contributed by atoms with Gasteiger partial charge in [0.2, 0.25) is 0 Å². The lowest BCUT2D eigenvalue weighted by Crippen LogP contribution is -2.52. The Morgan fingerprint density at radius 3 is 2.98 bits per heavy atom. The molecule has 7 bridgehead atoms. The van der Waals surface area contributed by atoms with Crippen LogP contribution < -0.4 is 5.32 Å². The second-order valence-corrected chi connectivity index (χ2v) is 14.6. The number of nitrogens with zero attached hydrogens (tertiary/aromatic N) is 1.